The molecule has 0 radical (unpaired) electrons. The fraction of sp³-hybridized carbons (Fsp3) is 0.381. The Morgan fingerprint density at radius 2 is 2.10 bits per heavy atom. The molecule has 1 fully saturated rings. The van der Waals surface area contributed by atoms with Crippen molar-refractivity contribution in [1.82, 2.24) is 30.3 Å². The smallest absolute Gasteiger partial charge is 0.254 e. The maximum absolute atomic E-state index is 12.4. The maximum Gasteiger partial charge on any atom is 0.254 e. The van der Waals surface area contributed by atoms with Crippen molar-refractivity contribution in [3.8, 4) is 5.69 Å². The lowest BCUT2D eigenvalue weighted by Gasteiger charge is -2.34. The van der Waals surface area contributed by atoms with Gasteiger partial charge in [0.25, 0.3) is 5.56 Å². The molecule has 0 unspecified atom stereocenters. The molecular weight excluding hydrogens is 400 g/mol. The molecule has 1 amide bonds. The van der Waals surface area contributed by atoms with Crippen molar-refractivity contribution in [2.75, 3.05) is 13.2 Å². The van der Waals surface area contributed by atoms with Gasteiger partial charge in [0.2, 0.25) is 5.91 Å². The Labute approximate surface area is 178 Å². The number of para-hydroxylation sites is 1. The van der Waals surface area contributed by atoms with Crippen LogP contribution in [0.5, 0.6) is 0 Å². The summed E-state index contributed by atoms with van der Waals surface area (Å²) < 4.78 is 6.65. The van der Waals surface area contributed by atoms with Crippen LogP contribution < -0.4 is 10.9 Å². The monoisotopic (exact) mass is 424 g/mol. The second kappa shape index (κ2) is 8.40. The van der Waals surface area contributed by atoms with Gasteiger partial charge in [0.15, 0.2) is 5.60 Å². The molecule has 1 saturated heterocycles. The number of aromatic amines is 1. The molecule has 2 aromatic heterocycles. The lowest BCUT2D eigenvalue weighted by molar-refractivity contribution is -0.186. The first-order valence-corrected chi connectivity index (χ1v) is 10.00. The third kappa shape index (κ3) is 4.39. The van der Waals surface area contributed by atoms with Crippen LogP contribution >= 0.6 is 0 Å². The Morgan fingerprint density at radius 1 is 1.32 bits per heavy atom. The lowest BCUT2D eigenvalue weighted by atomic mass is 9.99. The first-order chi connectivity index (χ1) is 14.9. The van der Waals surface area contributed by atoms with Gasteiger partial charge in [-0.25, -0.2) is 9.67 Å². The summed E-state index contributed by atoms with van der Waals surface area (Å²) in [6.45, 7) is 4.18. The molecule has 0 saturated carbocycles. The van der Waals surface area contributed by atoms with E-state index in [-0.39, 0.29) is 31.1 Å². The van der Waals surface area contributed by atoms with E-state index >= 15 is 0 Å². The molecule has 4 rings (SSSR count). The third-order valence-electron chi connectivity index (χ3n) is 5.31. The van der Waals surface area contributed by atoms with Crippen molar-refractivity contribution in [1.29, 1.82) is 0 Å². The van der Waals surface area contributed by atoms with Crippen LogP contribution in [-0.2, 0) is 28.1 Å². The van der Waals surface area contributed by atoms with Crippen molar-refractivity contribution in [3.63, 3.8) is 0 Å². The van der Waals surface area contributed by atoms with Gasteiger partial charge in [-0.15, -0.1) is 5.10 Å². The van der Waals surface area contributed by atoms with Gasteiger partial charge in [-0.1, -0.05) is 23.4 Å². The number of hydrogen-bond donors (Lipinski definition) is 3. The summed E-state index contributed by atoms with van der Waals surface area (Å²) in [6.07, 6.45) is 2.16. The molecule has 1 aromatic carbocycles. The van der Waals surface area contributed by atoms with Crippen molar-refractivity contribution < 1.29 is 14.6 Å². The zero-order chi connectivity index (χ0) is 22.0. The van der Waals surface area contributed by atoms with Crippen LogP contribution in [0, 0.1) is 13.8 Å². The molecule has 0 spiro atoms. The van der Waals surface area contributed by atoms with E-state index < -0.39 is 5.60 Å². The average molecular weight is 424 g/mol. The zero-order valence-electron chi connectivity index (χ0n) is 17.4. The molecule has 162 valence electrons. The van der Waals surface area contributed by atoms with Gasteiger partial charge >= 0.3 is 0 Å². The lowest BCUT2D eigenvalue weighted by Crippen LogP contribution is -2.46. The van der Waals surface area contributed by atoms with Crippen LogP contribution in [0.1, 0.15) is 34.8 Å². The highest BCUT2D eigenvalue weighted by atomic mass is 16.5. The fourth-order valence-corrected chi connectivity index (χ4v) is 3.49. The van der Waals surface area contributed by atoms with E-state index in [1.165, 1.54) is 0 Å². The summed E-state index contributed by atoms with van der Waals surface area (Å²) in [5, 5.41) is 21.4. The van der Waals surface area contributed by atoms with Crippen LogP contribution in [0.25, 0.3) is 5.69 Å². The Bertz CT molecular complexity index is 1160. The predicted molar refractivity (Wildman–Crippen MR) is 111 cm³/mol. The molecule has 0 aliphatic carbocycles. The molecule has 3 aromatic rings. The molecule has 10 heteroatoms. The molecule has 0 bridgehead atoms. The zero-order valence-corrected chi connectivity index (χ0v) is 17.4. The number of aromatic nitrogens is 5. The summed E-state index contributed by atoms with van der Waals surface area (Å²) in [4.78, 5) is 31.4. The largest absolute Gasteiger partial charge is 0.379 e. The molecule has 0 atom stereocenters. The molecular formula is C21H24N6O4. The first kappa shape index (κ1) is 20.9. The summed E-state index contributed by atoms with van der Waals surface area (Å²) in [5.41, 5.74) is 1.90. The SMILES string of the molecule is Cc1nc(C)c(CCC(=O)NCc2ccccc2-n2cc(C3(O)COC3)nn2)c(=O)[nH]1. The molecule has 3 heterocycles. The van der Waals surface area contributed by atoms with Crippen LogP contribution in [0.4, 0.5) is 0 Å². The number of nitrogens with one attached hydrogen (secondary N) is 2. The number of aliphatic hydroxyl groups is 1. The second-order valence-electron chi connectivity index (χ2n) is 7.69. The third-order valence-corrected chi connectivity index (χ3v) is 5.31. The van der Waals surface area contributed by atoms with E-state index in [4.69, 9.17) is 4.74 Å². The number of amides is 1. The number of carbonyl (C=O) groups excluding carboxylic acids is 1. The highest BCUT2D eigenvalue weighted by Gasteiger charge is 2.40. The molecule has 10 nitrogen and oxygen atoms in total. The molecule has 3 N–H and O–H groups in total. The molecule has 1 aliphatic rings. The minimum Gasteiger partial charge on any atom is -0.379 e. The van der Waals surface area contributed by atoms with Crippen molar-refractivity contribution in [2.24, 2.45) is 0 Å². The van der Waals surface area contributed by atoms with Crippen LogP contribution in [0.3, 0.4) is 0 Å². The Hall–Kier alpha value is -3.37. The van der Waals surface area contributed by atoms with E-state index in [1.54, 1.807) is 24.7 Å². The van der Waals surface area contributed by atoms with Gasteiger partial charge < -0.3 is 20.1 Å². The standard InChI is InChI=1S/C21H24N6O4/c1-13-16(20(29)24-14(2)23-13)7-8-19(28)22-9-15-5-3-4-6-17(15)27-10-18(25-26-27)21(30)11-31-12-21/h3-6,10,30H,7-9,11-12H2,1-2H3,(H,22,28)(H,23,24,29). The predicted octanol–water partition coefficient (Wildman–Crippen LogP) is 0.434. The van der Waals surface area contributed by atoms with E-state index in [2.05, 4.69) is 25.6 Å². The van der Waals surface area contributed by atoms with Crippen molar-refractivity contribution in [3.05, 3.63) is 69.2 Å². The highest BCUT2D eigenvalue weighted by Crippen LogP contribution is 2.28. The first-order valence-electron chi connectivity index (χ1n) is 10.00. The summed E-state index contributed by atoms with van der Waals surface area (Å²) in [7, 11) is 0. The summed E-state index contributed by atoms with van der Waals surface area (Å²) in [5.74, 6) is 0.384. The van der Waals surface area contributed by atoms with E-state index in [9.17, 15) is 14.7 Å². The molecule has 31 heavy (non-hydrogen) atoms. The maximum atomic E-state index is 12.4. The van der Waals surface area contributed by atoms with Crippen molar-refractivity contribution >= 4 is 5.91 Å². The number of rotatable bonds is 7. The van der Waals surface area contributed by atoms with Gasteiger partial charge in [-0.3, -0.25) is 9.59 Å². The minimum atomic E-state index is -1.10. The molecule has 1 aliphatic heterocycles. The summed E-state index contributed by atoms with van der Waals surface area (Å²) in [6, 6.07) is 7.48. The number of H-pyrrole nitrogens is 1. The number of ether oxygens (including phenoxy) is 1. The second-order valence-corrected chi connectivity index (χ2v) is 7.69. The number of hydrogen-bond acceptors (Lipinski definition) is 7. The van der Waals surface area contributed by atoms with Gasteiger partial charge in [0, 0.05) is 24.2 Å². The normalized spacial score (nSPS) is 14.8. The van der Waals surface area contributed by atoms with E-state index in [0.717, 1.165) is 11.3 Å². The van der Waals surface area contributed by atoms with E-state index in [1.807, 2.05) is 24.3 Å². The van der Waals surface area contributed by atoms with Gasteiger partial charge in [-0.05, 0) is 31.9 Å². The number of nitrogens with zero attached hydrogens (tertiary/aromatic N) is 4. The highest BCUT2D eigenvalue weighted by molar-refractivity contribution is 5.76. The van der Waals surface area contributed by atoms with Crippen LogP contribution in [0.15, 0.2) is 35.3 Å². The summed E-state index contributed by atoms with van der Waals surface area (Å²) >= 11 is 0. The van der Waals surface area contributed by atoms with Crippen LogP contribution in [0.2, 0.25) is 0 Å². The topological polar surface area (TPSA) is 135 Å². The van der Waals surface area contributed by atoms with Gasteiger partial charge in [-0.2, -0.15) is 0 Å². The van der Waals surface area contributed by atoms with Gasteiger partial charge in [0.05, 0.1) is 25.1 Å². The fourth-order valence-electron chi connectivity index (χ4n) is 3.49. The van der Waals surface area contributed by atoms with Crippen molar-refractivity contribution in [2.45, 2.75) is 38.8 Å². The minimum absolute atomic E-state index is 0.172. The van der Waals surface area contributed by atoms with Gasteiger partial charge in [0.1, 0.15) is 11.5 Å². The number of benzene rings is 1. The average Bonchev–Trinajstić information content (AvgIpc) is 3.20. The Morgan fingerprint density at radius 3 is 2.81 bits per heavy atom. The Kier molecular flexibility index (Phi) is 5.66. The number of carbonyl (C=O) groups is 1. The quantitative estimate of drug-likeness (QED) is 0.501. The Balaban J connectivity index is 1.41. The van der Waals surface area contributed by atoms with Crippen LogP contribution in [-0.4, -0.2) is 49.2 Å². The number of aryl methyl sites for hydroxylation is 2. The van der Waals surface area contributed by atoms with E-state index in [0.29, 0.717) is 35.7 Å².